The van der Waals surface area contributed by atoms with Crippen molar-refractivity contribution in [3.8, 4) is 0 Å². The Balaban J connectivity index is 1.54. The van der Waals surface area contributed by atoms with Crippen LogP contribution in [0.15, 0.2) is 36.6 Å². The number of fused-ring (bicyclic) bond motifs is 6. The minimum Gasteiger partial charge on any atom is -0.498 e. The highest BCUT2D eigenvalue weighted by molar-refractivity contribution is 5.96. The summed E-state index contributed by atoms with van der Waals surface area (Å²) in [5, 5.41) is 1.19. The van der Waals surface area contributed by atoms with Gasteiger partial charge in [0.05, 0.1) is 24.3 Å². The van der Waals surface area contributed by atoms with Crippen LogP contribution in [0.4, 0.5) is 0 Å². The lowest BCUT2D eigenvalue weighted by Crippen LogP contribution is -2.62. The molecular formula is C24H26N2O3. The highest BCUT2D eigenvalue weighted by Gasteiger charge is 2.57. The lowest BCUT2D eigenvalue weighted by molar-refractivity contribution is -0.165. The summed E-state index contributed by atoms with van der Waals surface area (Å²) in [4.78, 5) is 32.7. The van der Waals surface area contributed by atoms with Gasteiger partial charge in [-0.1, -0.05) is 25.1 Å². The Hall–Kier alpha value is -2.56. The van der Waals surface area contributed by atoms with Crippen molar-refractivity contribution < 1.29 is 14.3 Å². The number of carbonyl (C=O) groups is 2. The fraction of sp³-hybridized carbons (Fsp3) is 0.500. The molecule has 2 aromatic rings. The Morgan fingerprint density at radius 3 is 2.86 bits per heavy atom. The molecule has 0 radical (unpaired) electrons. The van der Waals surface area contributed by atoms with E-state index in [0.717, 1.165) is 30.5 Å². The van der Waals surface area contributed by atoms with Gasteiger partial charge < -0.3 is 14.6 Å². The molecule has 5 heteroatoms. The first kappa shape index (κ1) is 17.3. The van der Waals surface area contributed by atoms with Gasteiger partial charge in [-0.25, -0.2) is 0 Å². The molecule has 4 aliphatic rings. The maximum atomic E-state index is 13.8. The molecule has 1 saturated carbocycles. The molecule has 29 heavy (non-hydrogen) atoms. The lowest BCUT2D eigenvalue weighted by atomic mass is 9.64. The third-order valence-electron chi connectivity index (χ3n) is 7.63. The van der Waals surface area contributed by atoms with Crippen LogP contribution in [-0.4, -0.2) is 33.7 Å². The van der Waals surface area contributed by atoms with Gasteiger partial charge in [0.15, 0.2) is 5.78 Å². The molecule has 1 amide bonds. The Kier molecular flexibility index (Phi) is 3.43. The largest absolute Gasteiger partial charge is 0.498 e. The number of allylic oxidation sites excluding steroid dienone is 1. The molecule has 3 aliphatic heterocycles. The number of aromatic nitrogens is 1. The van der Waals surface area contributed by atoms with Gasteiger partial charge in [-0.3, -0.25) is 9.59 Å². The molecule has 1 aromatic heterocycles. The SMILES string of the molecule is C[C@@H]1OC=CC2(C)CC3c4[nH]c5ccccc5c4CC(C(=O)C4CC4)N3C(=O)C12. The van der Waals surface area contributed by atoms with Crippen molar-refractivity contribution >= 4 is 22.6 Å². The molecule has 0 spiro atoms. The average Bonchev–Trinajstić information content (AvgIpc) is 3.47. The molecule has 1 aromatic carbocycles. The average molecular weight is 390 g/mol. The smallest absolute Gasteiger partial charge is 0.231 e. The number of rotatable bonds is 2. The van der Waals surface area contributed by atoms with Gasteiger partial charge in [0, 0.05) is 34.4 Å². The number of amides is 1. The predicted octanol–water partition coefficient (Wildman–Crippen LogP) is 3.90. The molecule has 4 unspecified atom stereocenters. The number of nitrogens with zero attached hydrogens (tertiary/aromatic N) is 1. The monoisotopic (exact) mass is 390 g/mol. The summed E-state index contributed by atoms with van der Waals surface area (Å²) in [6.45, 7) is 4.14. The molecule has 4 heterocycles. The second-order valence-electron chi connectivity index (χ2n) is 9.55. The van der Waals surface area contributed by atoms with E-state index >= 15 is 0 Å². The number of nitrogens with one attached hydrogen (secondary N) is 1. The molecule has 1 aliphatic carbocycles. The van der Waals surface area contributed by atoms with E-state index < -0.39 is 0 Å². The molecule has 5 nitrogen and oxygen atoms in total. The predicted molar refractivity (Wildman–Crippen MR) is 109 cm³/mol. The van der Waals surface area contributed by atoms with E-state index in [-0.39, 0.29) is 47.1 Å². The van der Waals surface area contributed by atoms with Gasteiger partial charge in [-0.2, -0.15) is 0 Å². The lowest BCUT2D eigenvalue weighted by Gasteiger charge is -2.54. The first-order valence-electron chi connectivity index (χ1n) is 10.8. The van der Waals surface area contributed by atoms with Crippen LogP contribution in [0.2, 0.25) is 0 Å². The summed E-state index contributed by atoms with van der Waals surface area (Å²) < 4.78 is 5.71. The van der Waals surface area contributed by atoms with Crippen molar-refractivity contribution in [3.63, 3.8) is 0 Å². The molecule has 1 saturated heterocycles. The van der Waals surface area contributed by atoms with Crippen molar-refractivity contribution in [1.29, 1.82) is 0 Å². The van der Waals surface area contributed by atoms with Crippen molar-refractivity contribution in [2.24, 2.45) is 17.3 Å². The molecule has 2 fully saturated rings. The number of hydrogen-bond acceptors (Lipinski definition) is 3. The van der Waals surface area contributed by atoms with E-state index in [2.05, 4.69) is 30.1 Å². The summed E-state index contributed by atoms with van der Waals surface area (Å²) in [5.41, 5.74) is 3.16. The molecule has 1 N–H and O–H groups in total. The number of piperidine rings is 1. The van der Waals surface area contributed by atoms with E-state index in [4.69, 9.17) is 4.74 Å². The first-order valence-corrected chi connectivity index (χ1v) is 10.8. The maximum absolute atomic E-state index is 13.8. The number of hydrogen-bond donors (Lipinski definition) is 1. The Morgan fingerprint density at radius 2 is 2.07 bits per heavy atom. The van der Waals surface area contributed by atoms with Crippen LogP contribution in [-0.2, 0) is 20.7 Å². The van der Waals surface area contributed by atoms with Crippen molar-refractivity contribution in [1.82, 2.24) is 9.88 Å². The minimum absolute atomic E-state index is 0.0731. The Labute approximate surface area is 170 Å². The zero-order valence-electron chi connectivity index (χ0n) is 16.9. The van der Waals surface area contributed by atoms with E-state index in [9.17, 15) is 9.59 Å². The van der Waals surface area contributed by atoms with E-state index in [1.54, 1.807) is 6.26 Å². The number of carbonyl (C=O) groups excluding carboxylic acids is 2. The zero-order chi connectivity index (χ0) is 19.9. The minimum atomic E-state index is -0.352. The van der Waals surface area contributed by atoms with Crippen LogP contribution in [0.25, 0.3) is 10.9 Å². The third kappa shape index (κ3) is 2.33. The Morgan fingerprint density at radius 1 is 1.28 bits per heavy atom. The fourth-order valence-electron chi connectivity index (χ4n) is 6.05. The zero-order valence-corrected chi connectivity index (χ0v) is 16.9. The number of H-pyrrole nitrogens is 1. The summed E-state index contributed by atoms with van der Waals surface area (Å²) >= 11 is 0. The maximum Gasteiger partial charge on any atom is 0.231 e. The summed E-state index contributed by atoms with van der Waals surface area (Å²) in [7, 11) is 0. The highest BCUT2D eigenvalue weighted by Crippen LogP contribution is 2.54. The quantitative estimate of drug-likeness (QED) is 0.846. The van der Waals surface area contributed by atoms with Crippen LogP contribution in [0.1, 0.15) is 50.4 Å². The highest BCUT2D eigenvalue weighted by atomic mass is 16.5. The van der Waals surface area contributed by atoms with Gasteiger partial charge >= 0.3 is 0 Å². The molecular weight excluding hydrogens is 364 g/mol. The van der Waals surface area contributed by atoms with Crippen molar-refractivity contribution in [3.05, 3.63) is 47.9 Å². The second-order valence-corrected chi connectivity index (χ2v) is 9.55. The number of aromatic amines is 1. The molecule has 0 bridgehead atoms. The molecule has 5 atom stereocenters. The fourth-order valence-corrected chi connectivity index (χ4v) is 6.05. The van der Waals surface area contributed by atoms with Crippen molar-refractivity contribution in [2.75, 3.05) is 0 Å². The van der Waals surface area contributed by atoms with Gasteiger partial charge in [-0.15, -0.1) is 0 Å². The van der Waals surface area contributed by atoms with Crippen LogP contribution in [0.3, 0.4) is 0 Å². The molecule has 150 valence electrons. The summed E-state index contributed by atoms with van der Waals surface area (Å²) in [5.74, 6) is 0.212. The van der Waals surface area contributed by atoms with E-state index in [0.29, 0.717) is 6.42 Å². The number of para-hydroxylation sites is 1. The third-order valence-corrected chi connectivity index (χ3v) is 7.63. The normalized spacial score (nSPS) is 35.7. The van der Waals surface area contributed by atoms with Crippen molar-refractivity contribution in [2.45, 2.75) is 57.7 Å². The van der Waals surface area contributed by atoms with Crippen LogP contribution >= 0.6 is 0 Å². The van der Waals surface area contributed by atoms with E-state index in [1.807, 2.05) is 24.0 Å². The number of benzene rings is 1. The van der Waals surface area contributed by atoms with Gasteiger partial charge in [0.25, 0.3) is 0 Å². The standard InChI is InChI=1S/C24H26N2O3/c1-13-20-23(28)26-18(22(27)14-7-8-14)11-16-15-5-3-4-6-17(15)25-21(16)19(26)12-24(20,2)9-10-29-13/h3-6,9-10,13-14,18-20,25H,7-8,11-12H2,1-2H3/t13-,18?,19?,20?,24?/m0/s1. The van der Waals surface area contributed by atoms with Gasteiger partial charge in [0.1, 0.15) is 6.10 Å². The molecule has 6 rings (SSSR count). The van der Waals surface area contributed by atoms with E-state index in [1.165, 1.54) is 10.9 Å². The first-order chi connectivity index (χ1) is 14.0. The van der Waals surface area contributed by atoms with Gasteiger partial charge in [0.2, 0.25) is 5.91 Å². The number of ether oxygens (including phenoxy) is 1. The summed E-state index contributed by atoms with van der Waals surface area (Å²) in [6.07, 6.45) is 6.98. The van der Waals surface area contributed by atoms with Gasteiger partial charge in [-0.05, 0) is 43.9 Å². The van der Waals surface area contributed by atoms with Crippen LogP contribution < -0.4 is 0 Å². The number of ketones is 1. The number of Topliss-reactive ketones (excluding diaryl/α,β-unsaturated/α-hetero) is 1. The summed E-state index contributed by atoms with van der Waals surface area (Å²) in [6, 6.07) is 7.84. The van der Waals surface area contributed by atoms with Crippen LogP contribution in [0.5, 0.6) is 0 Å². The topological polar surface area (TPSA) is 62.4 Å². The van der Waals surface area contributed by atoms with Crippen LogP contribution in [0, 0.1) is 17.3 Å². The Bertz CT molecular complexity index is 1070. The second kappa shape index (κ2) is 5.74.